The smallest absolute Gasteiger partial charge is 0.253 e. The van der Waals surface area contributed by atoms with Crippen molar-refractivity contribution in [3.8, 4) is 0 Å². The van der Waals surface area contributed by atoms with E-state index in [1.54, 1.807) is 25.2 Å². The fourth-order valence-corrected chi connectivity index (χ4v) is 3.65. The zero-order valence-electron chi connectivity index (χ0n) is 22.1. The highest BCUT2D eigenvalue weighted by Gasteiger charge is 2.15. The number of amides is 1. The zero-order chi connectivity index (χ0) is 26.5. The normalized spacial score (nSPS) is 12.9. The fraction of sp³-hybridized carbons (Fsp3) is 0.370. The number of carbonyl (C=O) groups excluding carboxylic acids is 1. The molecule has 2 aromatic carbocycles. The monoisotopic (exact) mass is 511 g/mol. The Hall–Kier alpha value is -3.36. The summed E-state index contributed by atoms with van der Waals surface area (Å²) in [7, 11) is 3.74. The van der Waals surface area contributed by atoms with Crippen LogP contribution in [-0.2, 0) is 0 Å². The number of rotatable bonds is 6. The van der Waals surface area contributed by atoms with Gasteiger partial charge in [-0.3, -0.25) is 4.79 Å². The van der Waals surface area contributed by atoms with Gasteiger partial charge in [-0.2, -0.15) is 4.98 Å². The highest BCUT2D eigenvalue weighted by atomic mass is 35.5. The van der Waals surface area contributed by atoms with E-state index in [-0.39, 0.29) is 5.91 Å². The van der Waals surface area contributed by atoms with Crippen molar-refractivity contribution in [2.45, 2.75) is 27.7 Å². The first-order valence-electron chi connectivity index (χ1n) is 12.4. The molecule has 1 saturated heterocycles. The van der Waals surface area contributed by atoms with E-state index >= 15 is 0 Å². The van der Waals surface area contributed by atoms with Crippen molar-refractivity contribution < 1.29 is 4.79 Å². The van der Waals surface area contributed by atoms with E-state index in [2.05, 4.69) is 54.9 Å². The van der Waals surface area contributed by atoms with Crippen molar-refractivity contribution >= 4 is 46.3 Å². The number of likely N-dealkylation sites (N-methyl/N-ethyl adjacent to an activating group) is 1. The Labute approximate surface area is 220 Å². The van der Waals surface area contributed by atoms with Gasteiger partial charge >= 0.3 is 0 Å². The molecule has 1 aliphatic heterocycles. The lowest BCUT2D eigenvalue weighted by Crippen LogP contribution is -2.44. The minimum absolute atomic E-state index is 0.197. The van der Waals surface area contributed by atoms with Gasteiger partial charge < -0.3 is 25.8 Å². The summed E-state index contributed by atoms with van der Waals surface area (Å²) in [5.41, 5.74) is 3.18. The molecule has 0 spiro atoms. The predicted octanol–water partition coefficient (Wildman–Crippen LogP) is 5.78. The number of aromatic nitrogens is 2. The second kappa shape index (κ2) is 14.9. The van der Waals surface area contributed by atoms with Crippen molar-refractivity contribution in [2.75, 3.05) is 55.8 Å². The van der Waals surface area contributed by atoms with Crippen LogP contribution < -0.4 is 20.9 Å². The van der Waals surface area contributed by atoms with E-state index < -0.39 is 0 Å². The molecule has 0 unspecified atom stereocenters. The van der Waals surface area contributed by atoms with Crippen LogP contribution in [0, 0.1) is 0 Å². The van der Waals surface area contributed by atoms with Gasteiger partial charge in [0.2, 0.25) is 5.95 Å². The third kappa shape index (κ3) is 7.83. The van der Waals surface area contributed by atoms with Gasteiger partial charge in [0, 0.05) is 44.6 Å². The van der Waals surface area contributed by atoms with Crippen molar-refractivity contribution in [3.05, 3.63) is 65.3 Å². The van der Waals surface area contributed by atoms with Gasteiger partial charge in [0.1, 0.15) is 5.02 Å². The van der Waals surface area contributed by atoms with Crippen molar-refractivity contribution in [2.24, 2.45) is 0 Å². The molecule has 0 saturated carbocycles. The Balaban J connectivity index is 0.00000109. The van der Waals surface area contributed by atoms with Gasteiger partial charge in [-0.1, -0.05) is 51.4 Å². The average Bonchev–Trinajstić information content (AvgIpc) is 2.93. The summed E-state index contributed by atoms with van der Waals surface area (Å²) in [5.74, 6) is 0.619. The second-order valence-electron chi connectivity index (χ2n) is 7.60. The number of para-hydroxylation sites is 1. The van der Waals surface area contributed by atoms with E-state index in [4.69, 9.17) is 11.6 Å². The minimum Gasteiger partial charge on any atom is -0.369 e. The van der Waals surface area contributed by atoms with E-state index in [9.17, 15) is 4.79 Å². The Morgan fingerprint density at radius 1 is 0.917 bits per heavy atom. The van der Waals surface area contributed by atoms with Crippen molar-refractivity contribution in [1.82, 2.24) is 20.2 Å². The molecule has 3 N–H and O–H groups in total. The van der Waals surface area contributed by atoms with Crippen LogP contribution in [0.4, 0.5) is 28.8 Å². The maximum Gasteiger partial charge on any atom is 0.253 e. The van der Waals surface area contributed by atoms with E-state index in [0.29, 0.717) is 28.0 Å². The van der Waals surface area contributed by atoms with Crippen LogP contribution in [0.1, 0.15) is 38.1 Å². The summed E-state index contributed by atoms with van der Waals surface area (Å²) >= 11 is 6.31. The lowest BCUT2D eigenvalue weighted by molar-refractivity contribution is 0.0964. The van der Waals surface area contributed by atoms with Crippen LogP contribution in [0.2, 0.25) is 5.02 Å². The standard InChI is InChI=1S/C23H26ClN7O.2C2H6/c1-25-22(32)18-5-3-4-6-20(18)28-21-19(24)15-26-23(29-21)27-16-7-9-17(10-8-16)31-13-11-30(2)12-14-31;2*1-2/h3-10,15H,11-14H2,1-2H3,(H,25,32)(H2,26,27,28,29);2*1-2H3. The number of halogens is 1. The highest BCUT2D eigenvalue weighted by molar-refractivity contribution is 6.33. The van der Waals surface area contributed by atoms with Crippen LogP contribution in [0.25, 0.3) is 0 Å². The summed E-state index contributed by atoms with van der Waals surface area (Å²) in [4.78, 5) is 25.6. The topological polar surface area (TPSA) is 85.4 Å². The molecule has 0 aliphatic carbocycles. The second-order valence-corrected chi connectivity index (χ2v) is 8.01. The van der Waals surface area contributed by atoms with Gasteiger partial charge in [0.05, 0.1) is 17.4 Å². The number of nitrogens with zero attached hydrogens (tertiary/aromatic N) is 4. The Bertz CT molecular complexity index is 1080. The van der Waals surface area contributed by atoms with Crippen LogP contribution in [0.5, 0.6) is 0 Å². The maximum absolute atomic E-state index is 12.1. The molecular formula is C27H38ClN7O. The van der Waals surface area contributed by atoms with Gasteiger partial charge in [-0.15, -0.1) is 0 Å². The molecule has 8 nitrogen and oxygen atoms in total. The van der Waals surface area contributed by atoms with E-state index in [0.717, 1.165) is 31.9 Å². The molecule has 1 fully saturated rings. The summed E-state index contributed by atoms with van der Waals surface area (Å²) in [6, 6.07) is 15.4. The van der Waals surface area contributed by atoms with Crippen molar-refractivity contribution in [3.63, 3.8) is 0 Å². The molecule has 2 heterocycles. The van der Waals surface area contributed by atoms with Crippen LogP contribution in [-0.4, -0.2) is 61.0 Å². The molecule has 1 aromatic heterocycles. The molecule has 0 bridgehead atoms. The molecule has 1 amide bonds. The SMILES string of the molecule is CC.CC.CNC(=O)c1ccccc1Nc1nc(Nc2ccc(N3CCN(C)CC3)cc2)ncc1Cl. The Morgan fingerprint density at radius 2 is 1.56 bits per heavy atom. The number of hydrogen-bond donors (Lipinski definition) is 3. The lowest BCUT2D eigenvalue weighted by Gasteiger charge is -2.34. The van der Waals surface area contributed by atoms with E-state index in [1.165, 1.54) is 11.9 Å². The Morgan fingerprint density at radius 3 is 2.19 bits per heavy atom. The predicted molar refractivity (Wildman–Crippen MR) is 152 cm³/mol. The average molecular weight is 512 g/mol. The third-order valence-electron chi connectivity index (χ3n) is 5.39. The molecule has 9 heteroatoms. The first kappa shape index (κ1) is 28.9. The number of carbonyl (C=O) groups is 1. The molecule has 0 radical (unpaired) electrons. The molecule has 36 heavy (non-hydrogen) atoms. The van der Waals surface area contributed by atoms with Crippen LogP contribution >= 0.6 is 11.6 Å². The maximum atomic E-state index is 12.1. The fourth-order valence-electron chi connectivity index (χ4n) is 3.52. The summed E-state index contributed by atoms with van der Waals surface area (Å²) in [5, 5.41) is 9.35. The Kier molecular flexibility index (Phi) is 12.0. The van der Waals surface area contributed by atoms with Gasteiger partial charge in [0.25, 0.3) is 5.91 Å². The molecule has 194 valence electrons. The van der Waals surface area contributed by atoms with E-state index in [1.807, 2.05) is 45.9 Å². The minimum atomic E-state index is -0.197. The summed E-state index contributed by atoms with van der Waals surface area (Å²) < 4.78 is 0. The molecule has 3 aromatic rings. The van der Waals surface area contributed by atoms with Crippen LogP contribution in [0.3, 0.4) is 0 Å². The molecular weight excluding hydrogens is 474 g/mol. The molecule has 0 atom stereocenters. The lowest BCUT2D eigenvalue weighted by atomic mass is 10.1. The number of hydrogen-bond acceptors (Lipinski definition) is 7. The van der Waals surface area contributed by atoms with Gasteiger partial charge in [0.15, 0.2) is 5.82 Å². The largest absolute Gasteiger partial charge is 0.369 e. The third-order valence-corrected chi connectivity index (χ3v) is 5.66. The molecule has 1 aliphatic rings. The number of nitrogens with one attached hydrogen (secondary N) is 3. The van der Waals surface area contributed by atoms with Gasteiger partial charge in [-0.05, 0) is 43.4 Å². The van der Waals surface area contributed by atoms with Crippen LogP contribution in [0.15, 0.2) is 54.7 Å². The molecule has 4 rings (SSSR count). The number of benzene rings is 2. The number of piperazine rings is 1. The quantitative estimate of drug-likeness (QED) is 0.386. The highest BCUT2D eigenvalue weighted by Crippen LogP contribution is 2.27. The zero-order valence-corrected chi connectivity index (χ0v) is 22.9. The van der Waals surface area contributed by atoms with Gasteiger partial charge in [-0.25, -0.2) is 4.98 Å². The first-order chi connectivity index (χ1) is 17.5. The van der Waals surface area contributed by atoms with Crippen molar-refractivity contribution in [1.29, 1.82) is 0 Å². The number of anilines is 5. The summed E-state index contributed by atoms with van der Waals surface area (Å²) in [6.45, 7) is 12.2. The summed E-state index contributed by atoms with van der Waals surface area (Å²) in [6.07, 6.45) is 1.53. The first-order valence-corrected chi connectivity index (χ1v) is 12.8.